The van der Waals surface area contributed by atoms with Crippen molar-refractivity contribution in [2.75, 3.05) is 0 Å². The molecular weight excluding hydrogens is 751 g/mol. The SMILES string of the molecule is c1ccc(-c2nc(-c3ccccc3)nc(-c3ccc4c(c3)sc3c(-c5cc(-c6ccc7c(c6)sc6ccccc67)c6sc7ccccc7c6c5)cccc34)n2)cc1. The molecule has 8 aromatic carbocycles. The van der Waals surface area contributed by atoms with Gasteiger partial charge >= 0.3 is 0 Å². The maximum absolute atomic E-state index is 5.03. The molecule has 0 spiro atoms. The fourth-order valence-electron chi connectivity index (χ4n) is 8.19. The molecule has 57 heavy (non-hydrogen) atoms. The molecule has 266 valence electrons. The van der Waals surface area contributed by atoms with Crippen LogP contribution in [0.15, 0.2) is 176 Å². The van der Waals surface area contributed by atoms with Gasteiger partial charge in [0.15, 0.2) is 17.5 Å². The standard InChI is InChI=1S/C51H29N3S3/c1-3-12-30(13-4-1)49-52-50(31-14-5-2-6-15-31)54-51(53-49)33-23-25-39-40-19-11-18-35(47(40)57-46(39)29-33)34-26-41(48-42(27-34)37-17-8-10-21-44(37)56-48)32-22-24-38-36-16-7-9-20-43(36)55-45(38)28-32/h1-29H. The van der Waals surface area contributed by atoms with Gasteiger partial charge in [0.25, 0.3) is 0 Å². The van der Waals surface area contributed by atoms with Crippen LogP contribution < -0.4 is 0 Å². The van der Waals surface area contributed by atoms with Gasteiger partial charge in [-0.2, -0.15) is 0 Å². The van der Waals surface area contributed by atoms with Crippen LogP contribution in [0.4, 0.5) is 0 Å². The number of nitrogens with zero attached hydrogens (tertiary/aromatic N) is 3. The van der Waals surface area contributed by atoms with Crippen molar-refractivity contribution in [3.63, 3.8) is 0 Å². The van der Waals surface area contributed by atoms with Crippen molar-refractivity contribution in [1.29, 1.82) is 0 Å². The van der Waals surface area contributed by atoms with E-state index in [1.807, 2.05) is 70.4 Å². The number of thiophene rings is 3. The lowest BCUT2D eigenvalue weighted by atomic mass is 9.95. The summed E-state index contributed by atoms with van der Waals surface area (Å²) < 4.78 is 7.77. The molecule has 6 heteroatoms. The average Bonchev–Trinajstić information content (AvgIpc) is 3.97. The maximum atomic E-state index is 5.03. The van der Waals surface area contributed by atoms with Crippen LogP contribution in [0.25, 0.3) is 117 Å². The molecule has 0 fully saturated rings. The molecule has 0 unspecified atom stereocenters. The summed E-state index contributed by atoms with van der Waals surface area (Å²) in [5, 5.41) is 7.75. The van der Waals surface area contributed by atoms with Crippen molar-refractivity contribution >= 4 is 94.5 Å². The minimum absolute atomic E-state index is 0.664. The summed E-state index contributed by atoms with van der Waals surface area (Å²) in [4.78, 5) is 15.0. The smallest absolute Gasteiger partial charge is 0.164 e. The van der Waals surface area contributed by atoms with Crippen molar-refractivity contribution < 1.29 is 0 Å². The molecule has 0 saturated carbocycles. The van der Waals surface area contributed by atoms with Crippen molar-refractivity contribution in [3.05, 3.63) is 176 Å². The summed E-state index contributed by atoms with van der Waals surface area (Å²) in [6, 6.07) is 63.2. The second kappa shape index (κ2) is 13.0. The van der Waals surface area contributed by atoms with Crippen LogP contribution in [0.2, 0.25) is 0 Å². The van der Waals surface area contributed by atoms with E-state index in [0.29, 0.717) is 17.5 Å². The maximum Gasteiger partial charge on any atom is 0.164 e. The predicted octanol–water partition coefficient (Wildman–Crippen LogP) is 15.3. The highest BCUT2D eigenvalue weighted by Gasteiger charge is 2.19. The van der Waals surface area contributed by atoms with Crippen molar-refractivity contribution in [1.82, 2.24) is 15.0 Å². The Morgan fingerprint density at radius 1 is 0.263 bits per heavy atom. The van der Waals surface area contributed by atoms with E-state index in [-0.39, 0.29) is 0 Å². The van der Waals surface area contributed by atoms with Crippen LogP contribution in [0, 0.1) is 0 Å². The normalized spacial score (nSPS) is 11.9. The lowest BCUT2D eigenvalue weighted by Crippen LogP contribution is -1.99. The minimum atomic E-state index is 0.664. The highest BCUT2D eigenvalue weighted by atomic mass is 32.1. The Kier molecular flexibility index (Phi) is 7.45. The molecule has 12 rings (SSSR count). The molecule has 0 aliphatic carbocycles. The lowest BCUT2D eigenvalue weighted by Gasteiger charge is -2.10. The van der Waals surface area contributed by atoms with Crippen molar-refractivity contribution in [2.24, 2.45) is 0 Å². The number of hydrogen-bond donors (Lipinski definition) is 0. The minimum Gasteiger partial charge on any atom is -0.208 e. The Morgan fingerprint density at radius 3 is 1.47 bits per heavy atom. The second-order valence-corrected chi connectivity index (χ2v) is 17.5. The Bertz CT molecular complexity index is 3470. The van der Waals surface area contributed by atoms with E-state index in [2.05, 4.69) is 140 Å². The zero-order valence-corrected chi connectivity index (χ0v) is 32.8. The summed E-state index contributed by atoms with van der Waals surface area (Å²) in [5.41, 5.74) is 7.90. The molecule has 0 aliphatic rings. The third kappa shape index (κ3) is 5.41. The quantitative estimate of drug-likeness (QED) is 0.175. The first kappa shape index (κ1) is 32.7. The predicted molar refractivity (Wildman–Crippen MR) is 246 cm³/mol. The van der Waals surface area contributed by atoms with Crippen LogP contribution in [-0.4, -0.2) is 15.0 Å². The van der Waals surface area contributed by atoms with Gasteiger partial charge in [0.2, 0.25) is 0 Å². The summed E-state index contributed by atoms with van der Waals surface area (Å²) in [5.74, 6) is 1.99. The van der Waals surface area contributed by atoms with E-state index in [0.717, 1.165) is 16.7 Å². The Hall–Kier alpha value is -6.57. The van der Waals surface area contributed by atoms with Gasteiger partial charge in [0.05, 0.1) is 0 Å². The zero-order chi connectivity index (χ0) is 37.5. The van der Waals surface area contributed by atoms with Crippen LogP contribution in [0.3, 0.4) is 0 Å². The first-order chi connectivity index (χ1) is 28.2. The van der Waals surface area contributed by atoms with E-state index in [4.69, 9.17) is 15.0 Å². The van der Waals surface area contributed by atoms with Gasteiger partial charge < -0.3 is 0 Å². The Balaban J connectivity index is 1.03. The largest absolute Gasteiger partial charge is 0.208 e. The fraction of sp³-hybridized carbons (Fsp3) is 0. The van der Waals surface area contributed by atoms with E-state index >= 15 is 0 Å². The third-order valence-corrected chi connectivity index (χ3v) is 14.5. The number of aromatic nitrogens is 3. The summed E-state index contributed by atoms with van der Waals surface area (Å²) in [6.45, 7) is 0. The third-order valence-electron chi connectivity index (χ3n) is 10.9. The van der Waals surface area contributed by atoms with Crippen molar-refractivity contribution in [2.45, 2.75) is 0 Å². The van der Waals surface area contributed by atoms with Crippen LogP contribution >= 0.6 is 34.0 Å². The lowest BCUT2D eigenvalue weighted by molar-refractivity contribution is 1.07. The van der Waals surface area contributed by atoms with E-state index in [1.54, 1.807) is 0 Å². The van der Waals surface area contributed by atoms with Gasteiger partial charge in [-0.3, -0.25) is 0 Å². The highest BCUT2D eigenvalue weighted by Crippen LogP contribution is 2.47. The first-order valence-electron chi connectivity index (χ1n) is 18.9. The topological polar surface area (TPSA) is 38.7 Å². The molecule has 0 saturated heterocycles. The van der Waals surface area contributed by atoms with Crippen molar-refractivity contribution in [3.8, 4) is 56.4 Å². The highest BCUT2D eigenvalue weighted by molar-refractivity contribution is 7.27. The van der Waals surface area contributed by atoms with Crippen LogP contribution in [-0.2, 0) is 0 Å². The number of benzene rings is 8. The monoisotopic (exact) mass is 779 g/mol. The van der Waals surface area contributed by atoms with Gasteiger partial charge in [-0.15, -0.1) is 34.0 Å². The van der Waals surface area contributed by atoms with E-state index < -0.39 is 0 Å². The molecule has 0 radical (unpaired) electrons. The van der Waals surface area contributed by atoms with E-state index in [9.17, 15) is 0 Å². The van der Waals surface area contributed by atoms with Gasteiger partial charge in [0, 0.05) is 82.8 Å². The average molecular weight is 780 g/mol. The fourth-order valence-corrected chi connectivity index (χ4v) is 11.8. The molecule has 3 nitrogen and oxygen atoms in total. The van der Waals surface area contributed by atoms with Gasteiger partial charge in [-0.1, -0.05) is 140 Å². The first-order valence-corrected chi connectivity index (χ1v) is 21.4. The Morgan fingerprint density at radius 2 is 0.754 bits per heavy atom. The van der Waals surface area contributed by atoms with Crippen LogP contribution in [0.5, 0.6) is 0 Å². The molecule has 0 amide bonds. The molecule has 4 heterocycles. The summed E-state index contributed by atoms with van der Waals surface area (Å²) in [7, 11) is 0. The van der Waals surface area contributed by atoms with Gasteiger partial charge in [-0.25, -0.2) is 15.0 Å². The van der Waals surface area contributed by atoms with Gasteiger partial charge in [-0.05, 0) is 53.1 Å². The van der Waals surface area contributed by atoms with E-state index in [1.165, 1.54) is 82.8 Å². The molecule has 0 N–H and O–H groups in total. The molecular formula is C51H29N3S3. The molecule has 0 atom stereocenters. The van der Waals surface area contributed by atoms with Crippen LogP contribution in [0.1, 0.15) is 0 Å². The number of rotatable bonds is 5. The molecule has 4 aromatic heterocycles. The molecule has 0 bridgehead atoms. The Labute approximate surface area is 339 Å². The number of fused-ring (bicyclic) bond motifs is 9. The molecule has 12 aromatic rings. The molecule has 0 aliphatic heterocycles. The summed E-state index contributed by atoms with van der Waals surface area (Å²) >= 11 is 5.61. The number of hydrogen-bond acceptors (Lipinski definition) is 6. The zero-order valence-electron chi connectivity index (χ0n) is 30.3. The van der Waals surface area contributed by atoms with Gasteiger partial charge in [0.1, 0.15) is 0 Å². The second-order valence-electron chi connectivity index (χ2n) is 14.3. The summed E-state index contributed by atoms with van der Waals surface area (Å²) in [6.07, 6.45) is 0.